The lowest BCUT2D eigenvalue weighted by Crippen LogP contribution is -2.39. The van der Waals surface area contributed by atoms with Gasteiger partial charge in [-0.05, 0) is 13.3 Å². The van der Waals surface area contributed by atoms with E-state index in [0.29, 0.717) is 6.42 Å². The molecular formula is C16H27N5O3S. The molecule has 0 saturated carbocycles. The molecular weight excluding hydrogens is 342 g/mol. The van der Waals surface area contributed by atoms with Gasteiger partial charge in [0.1, 0.15) is 18.0 Å². The van der Waals surface area contributed by atoms with E-state index in [0.717, 1.165) is 57.6 Å². The second-order valence-corrected chi connectivity index (χ2v) is 8.71. The molecule has 0 aromatic carbocycles. The van der Waals surface area contributed by atoms with Crippen LogP contribution in [-0.4, -0.2) is 86.8 Å². The van der Waals surface area contributed by atoms with Crippen LogP contribution < -0.4 is 10.2 Å². The zero-order valence-electron chi connectivity index (χ0n) is 14.7. The number of sulfone groups is 1. The molecule has 2 saturated heterocycles. The third-order valence-electron chi connectivity index (χ3n) is 4.77. The van der Waals surface area contributed by atoms with E-state index < -0.39 is 9.84 Å². The van der Waals surface area contributed by atoms with Crippen LogP contribution in [0.5, 0.6) is 0 Å². The molecule has 140 valence electrons. The summed E-state index contributed by atoms with van der Waals surface area (Å²) >= 11 is 0. The lowest BCUT2D eigenvalue weighted by Gasteiger charge is -2.28. The summed E-state index contributed by atoms with van der Waals surface area (Å²) in [6.07, 6.45) is 2.21. The Kier molecular flexibility index (Phi) is 6.08. The van der Waals surface area contributed by atoms with E-state index in [1.54, 1.807) is 6.33 Å². The molecule has 8 nitrogen and oxygen atoms in total. The highest BCUT2D eigenvalue weighted by Crippen LogP contribution is 2.23. The first-order chi connectivity index (χ1) is 12.1. The normalized spacial score (nSPS) is 23.5. The van der Waals surface area contributed by atoms with Gasteiger partial charge in [-0.2, -0.15) is 0 Å². The van der Waals surface area contributed by atoms with Crippen molar-refractivity contribution in [2.75, 3.05) is 67.7 Å². The number of anilines is 2. The average Bonchev–Trinajstić information content (AvgIpc) is 2.97. The monoisotopic (exact) mass is 369 g/mol. The number of aromatic nitrogens is 2. The standard InChI is InChI=1S/C16H27N5O3S/c1-2-21(14-3-10-25(22,23)12-14)16-11-15(18-13-19-16)17-4-5-20-6-8-24-9-7-20/h11,13-14H,2-10,12H2,1H3,(H,17,18,19). The summed E-state index contributed by atoms with van der Waals surface area (Å²) in [7, 11) is -2.91. The van der Waals surface area contributed by atoms with Crippen molar-refractivity contribution in [3.05, 3.63) is 12.4 Å². The summed E-state index contributed by atoms with van der Waals surface area (Å²) < 4.78 is 28.9. The Hall–Kier alpha value is -1.45. The molecule has 0 radical (unpaired) electrons. The van der Waals surface area contributed by atoms with E-state index in [1.807, 2.05) is 13.0 Å². The second-order valence-electron chi connectivity index (χ2n) is 6.49. The van der Waals surface area contributed by atoms with Gasteiger partial charge < -0.3 is 15.0 Å². The molecule has 2 aliphatic rings. The number of morpholine rings is 1. The topological polar surface area (TPSA) is 87.7 Å². The first kappa shape index (κ1) is 18.3. The zero-order chi connectivity index (χ0) is 17.7. The molecule has 2 aliphatic heterocycles. The van der Waals surface area contributed by atoms with E-state index in [2.05, 4.69) is 25.1 Å². The fourth-order valence-corrected chi connectivity index (χ4v) is 5.13. The summed E-state index contributed by atoms with van der Waals surface area (Å²) in [5.41, 5.74) is 0. The predicted molar refractivity (Wildman–Crippen MR) is 97.9 cm³/mol. The molecule has 1 N–H and O–H groups in total. The van der Waals surface area contributed by atoms with Crippen molar-refractivity contribution in [1.29, 1.82) is 0 Å². The maximum atomic E-state index is 11.8. The van der Waals surface area contributed by atoms with Crippen molar-refractivity contribution in [3.8, 4) is 0 Å². The Balaban J connectivity index is 1.58. The van der Waals surface area contributed by atoms with Crippen LogP contribution in [0, 0.1) is 0 Å². The predicted octanol–water partition coefficient (Wildman–Crippen LogP) is 0.234. The van der Waals surface area contributed by atoms with Crippen molar-refractivity contribution in [2.24, 2.45) is 0 Å². The minimum absolute atomic E-state index is 0.00565. The maximum absolute atomic E-state index is 11.8. The van der Waals surface area contributed by atoms with Crippen LogP contribution in [0.4, 0.5) is 11.6 Å². The highest BCUT2D eigenvalue weighted by Gasteiger charge is 2.32. The van der Waals surface area contributed by atoms with Gasteiger partial charge in [-0.15, -0.1) is 0 Å². The molecule has 0 amide bonds. The largest absolute Gasteiger partial charge is 0.379 e. The minimum atomic E-state index is -2.91. The summed E-state index contributed by atoms with van der Waals surface area (Å²) in [6.45, 7) is 8.04. The van der Waals surface area contributed by atoms with Gasteiger partial charge in [0.25, 0.3) is 0 Å². The first-order valence-electron chi connectivity index (χ1n) is 8.90. The van der Waals surface area contributed by atoms with E-state index in [9.17, 15) is 8.42 Å². The van der Waals surface area contributed by atoms with E-state index in [4.69, 9.17) is 4.74 Å². The Morgan fingerprint density at radius 3 is 2.84 bits per heavy atom. The number of rotatable bonds is 7. The van der Waals surface area contributed by atoms with Crippen LogP contribution in [0.25, 0.3) is 0 Å². The quantitative estimate of drug-likeness (QED) is 0.731. The molecule has 1 atom stereocenters. The second kappa shape index (κ2) is 8.29. The van der Waals surface area contributed by atoms with E-state index >= 15 is 0 Å². The van der Waals surface area contributed by atoms with Crippen LogP contribution in [0.15, 0.2) is 12.4 Å². The third-order valence-corrected chi connectivity index (χ3v) is 6.52. The Bertz CT molecular complexity index is 663. The number of hydrogen-bond acceptors (Lipinski definition) is 8. The van der Waals surface area contributed by atoms with Gasteiger partial charge >= 0.3 is 0 Å². The summed E-state index contributed by atoms with van der Waals surface area (Å²) in [4.78, 5) is 13.1. The molecule has 3 heterocycles. The molecule has 25 heavy (non-hydrogen) atoms. The summed E-state index contributed by atoms with van der Waals surface area (Å²) in [5.74, 6) is 2.04. The Labute approximate surface area is 149 Å². The molecule has 1 unspecified atom stereocenters. The molecule has 9 heteroatoms. The lowest BCUT2D eigenvalue weighted by atomic mass is 10.2. The van der Waals surface area contributed by atoms with Crippen molar-refractivity contribution in [2.45, 2.75) is 19.4 Å². The van der Waals surface area contributed by atoms with Gasteiger partial charge in [-0.1, -0.05) is 0 Å². The van der Waals surface area contributed by atoms with Crippen LogP contribution in [0.2, 0.25) is 0 Å². The van der Waals surface area contributed by atoms with Crippen molar-refractivity contribution in [3.63, 3.8) is 0 Å². The first-order valence-corrected chi connectivity index (χ1v) is 10.7. The molecule has 1 aromatic heterocycles. The van der Waals surface area contributed by atoms with Gasteiger partial charge in [-0.3, -0.25) is 4.90 Å². The van der Waals surface area contributed by atoms with E-state index in [1.165, 1.54) is 0 Å². The number of ether oxygens (including phenoxy) is 1. The molecule has 2 fully saturated rings. The fourth-order valence-electron chi connectivity index (χ4n) is 3.40. The average molecular weight is 369 g/mol. The van der Waals surface area contributed by atoms with E-state index in [-0.39, 0.29) is 17.5 Å². The summed E-state index contributed by atoms with van der Waals surface area (Å²) in [5, 5.41) is 3.34. The van der Waals surface area contributed by atoms with Gasteiger partial charge in [0.2, 0.25) is 0 Å². The van der Waals surface area contributed by atoms with Crippen LogP contribution in [0.1, 0.15) is 13.3 Å². The number of nitrogens with zero attached hydrogens (tertiary/aromatic N) is 4. The third kappa shape index (κ3) is 5.02. The maximum Gasteiger partial charge on any atom is 0.152 e. The molecule has 0 spiro atoms. The van der Waals surface area contributed by atoms with Gasteiger partial charge in [0.05, 0.1) is 24.7 Å². The highest BCUT2D eigenvalue weighted by atomic mass is 32.2. The van der Waals surface area contributed by atoms with Crippen molar-refractivity contribution in [1.82, 2.24) is 14.9 Å². The Morgan fingerprint density at radius 2 is 2.16 bits per heavy atom. The highest BCUT2D eigenvalue weighted by molar-refractivity contribution is 7.91. The summed E-state index contributed by atoms with van der Waals surface area (Å²) in [6, 6.07) is 1.92. The molecule has 3 rings (SSSR count). The van der Waals surface area contributed by atoms with Crippen molar-refractivity contribution >= 4 is 21.5 Å². The lowest BCUT2D eigenvalue weighted by molar-refractivity contribution is 0.0398. The minimum Gasteiger partial charge on any atom is -0.379 e. The fraction of sp³-hybridized carbons (Fsp3) is 0.750. The van der Waals surface area contributed by atoms with Gasteiger partial charge in [0.15, 0.2) is 9.84 Å². The van der Waals surface area contributed by atoms with Crippen LogP contribution in [0.3, 0.4) is 0 Å². The molecule has 0 bridgehead atoms. The molecule has 1 aromatic rings. The van der Waals surface area contributed by atoms with Gasteiger partial charge in [-0.25, -0.2) is 18.4 Å². The zero-order valence-corrected chi connectivity index (χ0v) is 15.5. The number of nitrogens with one attached hydrogen (secondary N) is 1. The SMILES string of the molecule is CCN(c1cc(NCCN2CCOCC2)ncn1)C1CCS(=O)(=O)C1. The van der Waals surface area contributed by atoms with Gasteiger partial charge in [0, 0.05) is 44.8 Å². The van der Waals surface area contributed by atoms with Crippen LogP contribution >= 0.6 is 0 Å². The number of hydrogen-bond donors (Lipinski definition) is 1. The Morgan fingerprint density at radius 1 is 1.36 bits per heavy atom. The van der Waals surface area contributed by atoms with Crippen molar-refractivity contribution < 1.29 is 13.2 Å². The smallest absolute Gasteiger partial charge is 0.152 e. The van der Waals surface area contributed by atoms with Crippen LogP contribution in [-0.2, 0) is 14.6 Å². The molecule has 0 aliphatic carbocycles.